The van der Waals surface area contributed by atoms with E-state index in [0.29, 0.717) is 69.8 Å². The zero-order valence-corrected chi connectivity index (χ0v) is 46.7. The summed E-state index contributed by atoms with van der Waals surface area (Å²) >= 11 is 0. The molecule has 0 spiro atoms. The van der Waals surface area contributed by atoms with Crippen molar-refractivity contribution in [3.05, 3.63) is 47.6 Å². The number of esters is 2. The first-order valence-corrected chi connectivity index (χ1v) is 26.9. The Bertz CT molecular complexity index is 2040. The number of allylic oxidation sites excluding steroid dienone is 6. The molecule has 3 aliphatic heterocycles. The molecule has 429 valence electrons. The van der Waals surface area contributed by atoms with Gasteiger partial charge in [0.1, 0.15) is 41.7 Å². The standard InChI is InChI=1S/C56H87NO16.BO2/c1-33-17-13-12-14-18-34(2)45(68-9)29-41-22-20-39(7)56(67,73-41)51(63)52(64)57-24-16-15-19-42(57)53(65)71-46(30-43(60)35(3)26-38(6)49(62)50(70-11)48(61)37(5)25-33)36(4)27-40-21-23-44(47(28-40)69-10)72-54(66)55(8,31-58)32-59;2-1-3/h12-14,17-18,26,33,35-37,39-42,44-47,49-50,58-59,62,67H,15-16,19-25,27-32H2,1-11H3;/q;-2/b14-12+,17-13+,34-18+,38-26+;/t33-,35-,36-,37-,39-,40+,41+,42+,44-,45+,46+,47-,49-,50+,56-;/m1./s1. The topological polar surface area (TPSA) is 288 Å². The predicted octanol–water partition coefficient (Wildman–Crippen LogP) is 2.96. The fourth-order valence-corrected chi connectivity index (χ4v) is 10.7. The lowest BCUT2D eigenvalue weighted by molar-refractivity contribution is -0.328. The van der Waals surface area contributed by atoms with E-state index in [0.717, 1.165) is 10.5 Å². The number of rotatable bonds is 10. The number of ketones is 3. The molecule has 15 atom stereocenters. The second-order valence-electron chi connectivity index (χ2n) is 21.9. The van der Waals surface area contributed by atoms with E-state index in [1.54, 1.807) is 40.9 Å². The zero-order chi connectivity index (χ0) is 57.1. The molecule has 2 bridgehead atoms. The largest absolute Gasteiger partial charge is 0.900 e. The number of piperidine rings is 1. The maximum Gasteiger partial charge on any atom is 0.329 e. The molecule has 0 unspecified atom stereocenters. The van der Waals surface area contributed by atoms with Crippen LogP contribution < -0.4 is 10.0 Å². The van der Waals surface area contributed by atoms with Gasteiger partial charge in [-0.2, -0.15) is 0 Å². The Kier molecular flexibility index (Phi) is 27.6. The van der Waals surface area contributed by atoms with Gasteiger partial charge in [0.2, 0.25) is 5.79 Å². The lowest BCUT2D eigenvalue weighted by atomic mass is 9.78. The molecule has 1 saturated carbocycles. The maximum absolute atomic E-state index is 14.5. The van der Waals surface area contributed by atoms with Crippen molar-refractivity contribution in [3.8, 4) is 0 Å². The third-order valence-electron chi connectivity index (χ3n) is 15.9. The van der Waals surface area contributed by atoms with Crippen LogP contribution in [0.4, 0.5) is 0 Å². The van der Waals surface area contributed by atoms with Crippen molar-refractivity contribution in [1.82, 2.24) is 4.90 Å². The molecule has 3 fully saturated rings. The summed E-state index contributed by atoms with van der Waals surface area (Å²) in [6.07, 6.45) is 9.76. The van der Waals surface area contributed by atoms with Crippen LogP contribution in [0.3, 0.4) is 0 Å². The van der Waals surface area contributed by atoms with Gasteiger partial charge in [-0.1, -0.05) is 71.1 Å². The highest BCUT2D eigenvalue weighted by atomic mass is 16.6. The second kappa shape index (κ2) is 31.6. The number of carbonyl (C=O) groups is 6. The van der Waals surface area contributed by atoms with Crippen LogP contribution >= 0.6 is 0 Å². The summed E-state index contributed by atoms with van der Waals surface area (Å²) in [4.78, 5) is 85.4. The van der Waals surface area contributed by atoms with Crippen LogP contribution in [-0.2, 0) is 57.2 Å². The molecule has 19 nitrogen and oxygen atoms in total. The molecule has 0 aromatic carbocycles. The number of hydrogen-bond donors (Lipinski definition) is 4. The van der Waals surface area contributed by atoms with Crippen molar-refractivity contribution in [2.75, 3.05) is 41.1 Å². The van der Waals surface area contributed by atoms with E-state index >= 15 is 0 Å². The number of aliphatic hydroxyl groups is 4. The van der Waals surface area contributed by atoms with Crippen LogP contribution in [0.25, 0.3) is 0 Å². The summed E-state index contributed by atoms with van der Waals surface area (Å²) in [6.45, 7) is 12.7. The highest BCUT2D eigenvalue weighted by Gasteiger charge is 2.53. The number of fused-ring (bicyclic) bond motifs is 3. The summed E-state index contributed by atoms with van der Waals surface area (Å²) in [5, 5.41) is 59.6. The van der Waals surface area contributed by atoms with Crippen LogP contribution in [0.5, 0.6) is 0 Å². The van der Waals surface area contributed by atoms with Gasteiger partial charge in [0.15, 0.2) is 5.78 Å². The summed E-state index contributed by atoms with van der Waals surface area (Å²) in [5.74, 6) is -9.36. The highest BCUT2D eigenvalue weighted by Crippen LogP contribution is 2.38. The number of hydrogen-bond acceptors (Lipinski definition) is 18. The summed E-state index contributed by atoms with van der Waals surface area (Å²) < 4.78 is 35.4. The Morgan fingerprint density at radius 1 is 0.882 bits per heavy atom. The average Bonchev–Trinajstić information content (AvgIpc) is 3.40. The van der Waals surface area contributed by atoms with E-state index < -0.39 is 128 Å². The molecule has 1 aliphatic carbocycles. The van der Waals surface area contributed by atoms with Gasteiger partial charge in [0.25, 0.3) is 11.7 Å². The first kappa shape index (κ1) is 66.3. The summed E-state index contributed by atoms with van der Waals surface area (Å²) in [7, 11) is 3.93. The number of cyclic esters (lactones) is 1. The number of methoxy groups -OCH3 is 3. The van der Waals surface area contributed by atoms with E-state index in [4.69, 9.17) is 38.5 Å². The van der Waals surface area contributed by atoms with Crippen LogP contribution in [0.2, 0.25) is 0 Å². The molecule has 0 aromatic rings. The monoisotopic (exact) mass is 1070 g/mol. The Labute approximate surface area is 450 Å². The third-order valence-corrected chi connectivity index (χ3v) is 15.9. The lowest BCUT2D eigenvalue weighted by Crippen LogP contribution is -2.61. The fourth-order valence-electron chi connectivity index (χ4n) is 10.7. The molecule has 4 N–H and O–H groups in total. The second-order valence-corrected chi connectivity index (χ2v) is 21.9. The SMILES string of the molecule is CO[C@H]1C[C@@H]2CC[C@@H](C)[C@@](O)(O2)C(=O)C(=O)N2CCCC[C@H]2C(=O)O[C@H]([C@H](C)C[C@@H]2CC[C@@H](OC(=O)C(C)(CO)CO)[C@H](OC)C2)CC(=O)[C@H](C)/C=C(\C)[C@@H](O)[C@@H](OC)C(=O)[C@H](C)C[C@H](C)/C=C/C=C/C=C/1C.[O-][B][O-]. The number of nitrogens with zero attached hydrogens (tertiary/aromatic N) is 1. The number of aliphatic hydroxyl groups excluding tert-OH is 3. The number of amides is 1. The first-order valence-electron chi connectivity index (χ1n) is 26.9. The molecule has 1 radical (unpaired) electrons. The average molecular weight is 1070 g/mol. The van der Waals surface area contributed by atoms with E-state index in [9.17, 15) is 49.2 Å². The normalized spacial score (nSPS) is 36.1. The van der Waals surface area contributed by atoms with Gasteiger partial charge in [0.05, 0.1) is 31.5 Å². The minimum absolute atomic E-state index is 0.00697. The molecule has 2 saturated heterocycles. The smallest absolute Gasteiger partial charge is 0.329 e. The fraction of sp³-hybridized carbons (Fsp3) is 0.750. The summed E-state index contributed by atoms with van der Waals surface area (Å²) in [6, 6.07) is -1.20. The minimum Gasteiger partial charge on any atom is -0.900 e. The van der Waals surface area contributed by atoms with E-state index in [1.807, 2.05) is 51.2 Å². The Hall–Kier alpha value is -3.96. The molecule has 3 heterocycles. The van der Waals surface area contributed by atoms with Gasteiger partial charge in [0, 0.05) is 58.5 Å². The Morgan fingerprint density at radius 2 is 1.55 bits per heavy atom. The minimum atomic E-state index is -2.47. The predicted molar refractivity (Wildman–Crippen MR) is 277 cm³/mol. The molecule has 4 aliphatic rings. The van der Waals surface area contributed by atoms with Crippen molar-refractivity contribution in [2.24, 2.45) is 40.9 Å². The Morgan fingerprint density at radius 3 is 2.17 bits per heavy atom. The lowest BCUT2D eigenvalue weighted by Gasteiger charge is -2.42. The molecule has 4 rings (SSSR count). The van der Waals surface area contributed by atoms with Gasteiger partial charge >= 0.3 is 11.9 Å². The van der Waals surface area contributed by atoms with Crippen molar-refractivity contribution >= 4 is 42.9 Å². The molecule has 0 aromatic heterocycles. The van der Waals surface area contributed by atoms with Gasteiger partial charge in [-0.15, -0.1) is 0 Å². The van der Waals surface area contributed by atoms with Gasteiger partial charge in [-0.25, -0.2) is 12.5 Å². The molecular weight excluding hydrogens is 985 g/mol. The van der Waals surface area contributed by atoms with Crippen LogP contribution in [-0.4, -0.2) is 164 Å². The highest BCUT2D eigenvalue weighted by molar-refractivity contribution is 6.39. The Balaban J connectivity index is 0.00000495. The van der Waals surface area contributed by atoms with E-state index in [-0.39, 0.29) is 42.8 Å². The van der Waals surface area contributed by atoms with E-state index in [2.05, 4.69) is 0 Å². The van der Waals surface area contributed by atoms with Crippen LogP contribution in [0, 0.1) is 40.9 Å². The quantitative estimate of drug-likeness (QED) is 0.106. The summed E-state index contributed by atoms with van der Waals surface area (Å²) in [5.41, 5.74) is -0.277. The zero-order valence-electron chi connectivity index (χ0n) is 46.7. The van der Waals surface area contributed by atoms with Gasteiger partial charge in [-0.3, -0.25) is 24.0 Å². The molecule has 76 heavy (non-hydrogen) atoms. The molecule has 20 heteroatoms. The van der Waals surface area contributed by atoms with Gasteiger partial charge in [-0.05, 0) is 114 Å². The van der Waals surface area contributed by atoms with Gasteiger partial charge < -0.3 is 63.8 Å². The third kappa shape index (κ3) is 18.0. The van der Waals surface area contributed by atoms with Crippen molar-refractivity contribution in [3.63, 3.8) is 0 Å². The van der Waals surface area contributed by atoms with Crippen LogP contribution in [0.1, 0.15) is 132 Å². The number of Topliss-reactive ketones (excluding diaryl/α,β-unsaturated/α-hetero) is 3. The van der Waals surface area contributed by atoms with Crippen LogP contribution in [0.15, 0.2) is 47.6 Å². The number of carbonyl (C=O) groups excluding carboxylic acids is 6. The number of ether oxygens (including phenoxy) is 6. The molecular formula is C56H87BNO18-2. The van der Waals surface area contributed by atoms with Crippen molar-refractivity contribution < 1.29 is 87.7 Å². The van der Waals surface area contributed by atoms with Crippen molar-refractivity contribution in [1.29, 1.82) is 0 Å². The van der Waals surface area contributed by atoms with E-state index in [1.165, 1.54) is 21.1 Å². The molecule has 1 amide bonds. The van der Waals surface area contributed by atoms with Crippen molar-refractivity contribution in [2.45, 2.75) is 187 Å². The first-order chi connectivity index (χ1) is 35.9. The maximum atomic E-state index is 14.5.